The fraction of sp³-hybridized carbons (Fsp3) is 0.278. The minimum atomic E-state index is 0.00583. The first-order valence-corrected chi connectivity index (χ1v) is 9.17. The highest BCUT2D eigenvalue weighted by Gasteiger charge is 2.23. The van der Waals surface area contributed by atoms with Crippen LogP contribution in [0.4, 0.5) is 0 Å². The number of nitrogens with zero attached hydrogens (tertiary/aromatic N) is 4. The number of hydrogen-bond acceptors (Lipinski definition) is 5. The van der Waals surface area contributed by atoms with Gasteiger partial charge in [-0.25, -0.2) is 9.67 Å². The normalized spacial score (nSPS) is 17.6. The predicted molar refractivity (Wildman–Crippen MR) is 98.0 cm³/mol. The second-order valence-electron chi connectivity index (χ2n) is 6.15. The van der Waals surface area contributed by atoms with Crippen LogP contribution in [0.2, 0.25) is 0 Å². The molecule has 1 atom stereocenters. The Morgan fingerprint density at radius 2 is 2.16 bits per heavy atom. The molecule has 25 heavy (non-hydrogen) atoms. The van der Waals surface area contributed by atoms with E-state index in [0.29, 0.717) is 11.7 Å². The van der Waals surface area contributed by atoms with Gasteiger partial charge >= 0.3 is 0 Å². The van der Waals surface area contributed by atoms with Crippen LogP contribution in [0, 0.1) is 0 Å². The van der Waals surface area contributed by atoms with Crippen molar-refractivity contribution in [3.8, 4) is 16.3 Å². The minimum absolute atomic E-state index is 0.00583. The highest BCUT2D eigenvalue weighted by Crippen LogP contribution is 2.25. The lowest BCUT2D eigenvalue weighted by atomic mass is 10.2. The lowest BCUT2D eigenvalue weighted by Gasteiger charge is -2.31. The maximum Gasteiger partial charge on any atom is 0.273 e. The zero-order valence-electron chi connectivity index (χ0n) is 13.9. The van der Waals surface area contributed by atoms with Crippen molar-refractivity contribution in [3.05, 3.63) is 53.8 Å². The van der Waals surface area contributed by atoms with Crippen molar-refractivity contribution in [1.29, 1.82) is 0 Å². The summed E-state index contributed by atoms with van der Waals surface area (Å²) >= 11 is 1.48. The van der Waals surface area contributed by atoms with E-state index in [4.69, 9.17) is 0 Å². The van der Waals surface area contributed by atoms with E-state index in [0.717, 1.165) is 35.9 Å². The lowest BCUT2D eigenvalue weighted by Crippen LogP contribution is -2.51. The van der Waals surface area contributed by atoms with Crippen LogP contribution in [0.1, 0.15) is 17.4 Å². The Morgan fingerprint density at radius 1 is 1.32 bits per heavy atom. The highest BCUT2D eigenvalue weighted by atomic mass is 32.1. The number of para-hydroxylation sites is 1. The molecular weight excluding hydrogens is 334 g/mol. The van der Waals surface area contributed by atoms with Gasteiger partial charge in [-0.05, 0) is 19.1 Å². The Balaban J connectivity index is 1.53. The molecule has 1 amide bonds. The molecule has 4 rings (SSSR count). The molecule has 0 bridgehead atoms. The lowest BCUT2D eigenvalue weighted by molar-refractivity contribution is 0.0704. The second-order valence-corrected chi connectivity index (χ2v) is 7.01. The molecule has 1 aliphatic rings. The zero-order chi connectivity index (χ0) is 17.2. The summed E-state index contributed by atoms with van der Waals surface area (Å²) in [5.41, 5.74) is 2.43. The summed E-state index contributed by atoms with van der Waals surface area (Å²) in [6.45, 7) is 4.36. The van der Waals surface area contributed by atoms with Gasteiger partial charge in [0.15, 0.2) is 0 Å². The van der Waals surface area contributed by atoms with Gasteiger partial charge in [0.2, 0.25) is 0 Å². The number of benzene rings is 1. The molecule has 0 unspecified atom stereocenters. The van der Waals surface area contributed by atoms with Crippen LogP contribution in [-0.4, -0.2) is 51.2 Å². The molecule has 2 aromatic heterocycles. The number of rotatable bonds is 3. The summed E-state index contributed by atoms with van der Waals surface area (Å²) in [5, 5.41) is 10.4. The van der Waals surface area contributed by atoms with Crippen molar-refractivity contribution in [2.24, 2.45) is 0 Å². The van der Waals surface area contributed by atoms with Gasteiger partial charge in [0.05, 0.1) is 11.9 Å². The molecule has 0 radical (unpaired) electrons. The summed E-state index contributed by atoms with van der Waals surface area (Å²) < 4.78 is 1.82. The van der Waals surface area contributed by atoms with E-state index in [1.54, 1.807) is 6.20 Å². The van der Waals surface area contributed by atoms with Crippen LogP contribution in [-0.2, 0) is 0 Å². The number of nitrogens with one attached hydrogen (secondary N) is 1. The van der Waals surface area contributed by atoms with E-state index < -0.39 is 0 Å². The number of piperazine rings is 1. The number of thiazole rings is 1. The zero-order valence-corrected chi connectivity index (χ0v) is 14.7. The van der Waals surface area contributed by atoms with Crippen molar-refractivity contribution in [2.75, 3.05) is 19.6 Å². The summed E-state index contributed by atoms with van der Waals surface area (Å²) in [6.07, 6.45) is 3.72. The molecule has 3 aromatic rings. The Labute approximate surface area is 150 Å². The largest absolute Gasteiger partial charge is 0.334 e. The topological polar surface area (TPSA) is 63.1 Å². The van der Waals surface area contributed by atoms with E-state index in [9.17, 15) is 4.79 Å². The fourth-order valence-electron chi connectivity index (χ4n) is 2.94. The third-order valence-electron chi connectivity index (χ3n) is 4.23. The molecule has 1 saturated heterocycles. The Kier molecular flexibility index (Phi) is 4.33. The van der Waals surface area contributed by atoms with Crippen LogP contribution >= 0.6 is 11.3 Å². The molecule has 0 saturated carbocycles. The number of amides is 1. The first-order valence-electron chi connectivity index (χ1n) is 8.29. The molecule has 1 aromatic carbocycles. The fourth-order valence-corrected chi connectivity index (χ4v) is 3.71. The van der Waals surface area contributed by atoms with Gasteiger partial charge in [0, 0.05) is 42.8 Å². The molecule has 1 aliphatic heterocycles. The van der Waals surface area contributed by atoms with Gasteiger partial charge in [-0.1, -0.05) is 18.2 Å². The van der Waals surface area contributed by atoms with E-state index in [2.05, 4.69) is 22.3 Å². The van der Waals surface area contributed by atoms with Crippen LogP contribution in [0.15, 0.2) is 48.1 Å². The van der Waals surface area contributed by atoms with Crippen LogP contribution in [0.25, 0.3) is 16.3 Å². The van der Waals surface area contributed by atoms with Gasteiger partial charge in [-0.15, -0.1) is 11.3 Å². The maximum absolute atomic E-state index is 12.6. The van der Waals surface area contributed by atoms with Crippen molar-refractivity contribution in [2.45, 2.75) is 13.0 Å². The van der Waals surface area contributed by atoms with E-state index >= 15 is 0 Å². The molecule has 1 N–H and O–H groups in total. The first-order chi connectivity index (χ1) is 12.2. The Hall–Kier alpha value is -2.51. The second kappa shape index (κ2) is 6.78. The average Bonchev–Trinajstić information content (AvgIpc) is 3.31. The maximum atomic E-state index is 12.6. The smallest absolute Gasteiger partial charge is 0.273 e. The first kappa shape index (κ1) is 16.0. The number of carbonyl (C=O) groups excluding carboxylic acids is 1. The van der Waals surface area contributed by atoms with Crippen LogP contribution in [0.3, 0.4) is 0 Å². The Bertz CT molecular complexity index is 872. The van der Waals surface area contributed by atoms with Crippen LogP contribution in [0.5, 0.6) is 0 Å². The molecule has 6 nitrogen and oxygen atoms in total. The standard InChI is InChI=1S/C18H19N5OS/c1-13-10-22(8-7-19-13)18(24)16-12-25-17(21-16)14-9-20-23(11-14)15-5-3-2-4-6-15/h2-6,9,11-13,19H,7-8,10H2,1H3/t13-/m0/s1. The minimum Gasteiger partial charge on any atom is -0.334 e. The predicted octanol–water partition coefficient (Wildman–Crippen LogP) is 2.43. The number of hydrogen-bond donors (Lipinski definition) is 1. The average molecular weight is 353 g/mol. The highest BCUT2D eigenvalue weighted by molar-refractivity contribution is 7.13. The monoisotopic (exact) mass is 353 g/mol. The molecule has 0 spiro atoms. The van der Waals surface area contributed by atoms with Crippen LogP contribution < -0.4 is 5.32 Å². The van der Waals surface area contributed by atoms with E-state index in [1.165, 1.54) is 11.3 Å². The van der Waals surface area contributed by atoms with Crippen molar-refractivity contribution >= 4 is 17.2 Å². The molecule has 3 heterocycles. The molecular formula is C18H19N5OS. The molecule has 128 valence electrons. The Morgan fingerprint density at radius 3 is 2.96 bits per heavy atom. The van der Waals surface area contributed by atoms with Gasteiger partial charge in [0.25, 0.3) is 5.91 Å². The number of carbonyl (C=O) groups is 1. The number of aromatic nitrogens is 3. The van der Waals surface area contributed by atoms with Gasteiger partial charge in [-0.2, -0.15) is 5.10 Å². The van der Waals surface area contributed by atoms with Crippen molar-refractivity contribution < 1.29 is 4.79 Å². The van der Waals surface area contributed by atoms with E-state index in [-0.39, 0.29) is 5.91 Å². The summed E-state index contributed by atoms with van der Waals surface area (Å²) in [7, 11) is 0. The summed E-state index contributed by atoms with van der Waals surface area (Å²) in [6, 6.07) is 10.2. The SMILES string of the molecule is C[C@H]1CN(C(=O)c2csc(-c3cnn(-c4ccccc4)c3)n2)CCN1. The third-order valence-corrected chi connectivity index (χ3v) is 5.12. The van der Waals surface area contributed by atoms with Gasteiger partial charge < -0.3 is 10.2 Å². The third kappa shape index (κ3) is 3.33. The van der Waals surface area contributed by atoms with E-state index in [1.807, 2.05) is 51.5 Å². The molecule has 0 aliphatic carbocycles. The molecule has 1 fully saturated rings. The van der Waals surface area contributed by atoms with Gasteiger partial charge in [-0.3, -0.25) is 4.79 Å². The van der Waals surface area contributed by atoms with Crippen molar-refractivity contribution in [3.63, 3.8) is 0 Å². The van der Waals surface area contributed by atoms with Gasteiger partial charge in [0.1, 0.15) is 10.7 Å². The van der Waals surface area contributed by atoms with Crippen molar-refractivity contribution in [1.82, 2.24) is 25.0 Å². The molecule has 7 heteroatoms. The quantitative estimate of drug-likeness (QED) is 0.785. The summed E-state index contributed by atoms with van der Waals surface area (Å²) in [5.74, 6) is 0.00583. The summed E-state index contributed by atoms with van der Waals surface area (Å²) in [4.78, 5) is 19.0.